The highest BCUT2D eigenvalue weighted by Crippen LogP contribution is 2.29. The van der Waals surface area contributed by atoms with Gasteiger partial charge in [0.2, 0.25) is 0 Å². The average Bonchev–Trinajstić information content (AvgIpc) is 2.45. The quantitative estimate of drug-likeness (QED) is 0.269. The molecule has 0 amide bonds. The summed E-state index contributed by atoms with van der Waals surface area (Å²) in [5, 5.41) is 45.4. The molecule has 3 atom stereocenters. The number of aliphatic hydroxyl groups excluding tert-OH is 2. The molecule has 0 aliphatic rings. The molecule has 0 heterocycles. The van der Waals surface area contributed by atoms with Crippen LogP contribution >= 0.6 is 0 Å². The van der Waals surface area contributed by atoms with E-state index in [1.807, 2.05) is 0 Å². The molecular weight excluding hydrogens is 286 g/mol. The first kappa shape index (κ1) is 16.7. The van der Waals surface area contributed by atoms with Gasteiger partial charge in [-0.05, 0) is 17.7 Å². The van der Waals surface area contributed by atoms with Crippen LogP contribution in [0.15, 0.2) is 18.2 Å². The summed E-state index contributed by atoms with van der Waals surface area (Å²) in [6.45, 7) is -0.230. The van der Waals surface area contributed by atoms with Gasteiger partial charge in [-0.3, -0.25) is 0 Å². The lowest BCUT2D eigenvalue weighted by molar-refractivity contribution is -0.173. The zero-order valence-corrected chi connectivity index (χ0v) is 10.7. The van der Waals surface area contributed by atoms with Gasteiger partial charge < -0.3 is 36.0 Å². The van der Waals surface area contributed by atoms with Crippen molar-refractivity contribution in [2.75, 3.05) is 6.54 Å². The van der Waals surface area contributed by atoms with Crippen LogP contribution in [-0.2, 0) is 14.3 Å². The van der Waals surface area contributed by atoms with E-state index >= 15 is 0 Å². The summed E-state index contributed by atoms with van der Waals surface area (Å²) in [5.74, 6) is -4.02. The lowest BCUT2D eigenvalue weighted by atomic mass is 10.1. The zero-order valence-electron chi connectivity index (χ0n) is 10.7. The number of hydrogen-bond acceptors (Lipinski definition) is 8. The van der Waals surface area contributed by atoms with E-state index in [9.17, 15) is 24.9 Å². The summed E-state index contributed by atoms with van der Waals surface area (Å²) in [7, 11) is 0. The predicted octanol–water partition coefficient (Wildman–Crippen LogP) is -1.55. The molecule has 1 aromatic rings. The Labute approximate surface area is 118 Å². The number of nitrogens with two attached hydrogens (primary N) is 1. The van der Waals surface area contributed by atoms with Gasteiger partial charge in [0, 0.05) is 6.54 Å². The maximum absolute atomic E-state index is 11.5. The molecule has 0 bridgehead atoms. The molecule has 0 aromatic heterocycles. The van der Waals surface area contributed by atoms with E-state index in [0.29, 0.717) is 0 Å². The number of carboxylic acids is 1. The third kappa shape index (κ3) is 4.05. The van der Waals surface area contributed by atoms with Crippen LogP contribution < -0.4 is 5.73 Å². The normalized spacial score (nSPS) is 15.0. The predicted molar refractivity (Wildman–Crippen MR) is 67.3 cm³/mol. The van der Waals surface area contributed by atoms with Crippen molar-refractivity contribution < 1.29 is 39.9 Å². The number of phenolic OH excluding ortho intramolecular Hbond substituents is 2. The molecule has 9 heteroatoms. The van der Waals surface area contributed by atoms with Crippen LogP contribution in [0.4, 0.5) is 0 Å². The van der Waals surface area contributed by atoms with Gasteiger partial charge in [0.1, 0.15) is 6.10 Å². The van der Waals surface area contributed by atoms with Crippen molar-refractivity contribution in [3.05, 3.63) is 23.8 Å². The van der Waals surface area contributed by atoms with Gasteiger partial charge in [0.05, 0.1) is 0 Å². The number of carboxylic acid groups (broad SMARTS) is 1. The van der Waals surface area contributed by atoms with Crippen molar-refractivity contribution in [2.45, 2.75) is 18.3 Å². The molecule has 0 fully saturated rings. The van der Waals surface area contributed by atoms with E-state index in [2.05, 4.69) is 0 Å². The zero-order chi connectivity index (χ0) is 16.2. The second-order valence-corrected chi connectivity index (χ2v) is 4.14. The van der Waals surface area contributed by atoms with E-state index in [1.54, 1.807) is 0 Å². The maximum atomic E-state index is 11.5. The molecule has 0 aliphatic carbocycles. The van der Waals surface area contributed by atoms with E-state index < -0.39 is 36.0 Å². The minimum atomic E-state index is -2.33. The minimum Gasteiger partial charge on any atom is -0.504 e. The topological polar surface area (TPSA) is 171 Å². The standard InChI is InChI=1S/C12H15NO8/c13-4-8(5-1-2-6(14)7(15)3-5)21-12(20)10(17)9(16)11(18)19/h1-3,8-10,14-17H,4,13H2,(H,18,19)/t8-,9?,10?/m0/s1. The Balaban J connectivity index is 2.84. The van der Waals surface area contributed by atoms with Gasteiger partial charge in [-0.15, -0.1) is 0 Å². The van der Waals surface area contributed by atoms with E-state index in [0.717, 1.165) is 12.1 Å². The number of carbonyl (C=O) groups excluding carboxylic acids is 1. The first-order valence-electron chi connectivity index (χ1n) is 5.79. The van der Waals surface area contributed by atoms with Crippen molar-refractivity contribution >= 4 is 11.9 Å². The number of rotatable bonds is 6. The maximum Gasteiger partial charge on any atom is 0.339 e. The molecule has 21 heavy (non-hydrogen) atoms. The number of hydrogen-bond donors (Lipinski definition) is 6. The monoisotopic (exact) mass is 301 g/mol. The number of aliphatic hydroxyl groups is 2. The molecule has 1 rings (SSSR count). The summed E-state index contributed by atoms with van der Waals surface area (Å²) in [6.07, 6.45) is -5.70. The average molecular weight is 301 g/mol. The summed E-state index contributed by atoms with van der Waals surface area (Å²) in [6, 6.07) is 3.56. The SMILES string of the molecule is NC[C@H](OC(=O)C(O)C(O)C(=O)O)c1ccc(O)c(O)c1. The smallest absolute Gasteiger partial charge is 0.339 e. The Morgan fingerprint density at radius 1 is 1.14 bits per heavy atom. The largest absolute Gasteiger partial charge is 0.504 e. The molecule has 0 saturated heterocycles. The highest BCUT2D eigenvalue weighted by Gasteiger charge is 2.33. The van der Waals surface area contributed by atoms with Gasteiger partial charge in [0.15, 0.2) is 23.7 Å². The number of carbonyl (C=O) groups is 2. The fourth-order valence-electron chi connectivity index (χ4n) is 1.47. The number of benzene rings is 1. The molecule has 1 aromatic carbocycles. The summed E-state index contributed by atoms with van der Waals surface area (Å²) >= 11 is 0. The Bertz CT molecular complexity index is 532. The van der Waals surface area contributed by atoms with E-state index in [4.69, 9.17) is 20.7 Å². The lowest BCUT2D eigenvalue weighted by Gasteiger charge is -2.20. The van der Waals surface area contributed by atoms with Crippen LogP contribution in [0.25, 0.3) is 0 Å². The number of aliphatic carboxylic acids is 1. The van der Waals surface area contributed by atoms with Gasteiger partial charge in [-0.1, -0.05) is 6.07 Å². The van der Waals surface area contributed by atoms with Crippen molar-refractivity contribution in [2.24, 2.45) is 5.73 Å². The Morgan fingerprint density at radius 3 is 2.24 bits per heavy atom. The van der Waals surface area contributed by atoms with Crippen molar-refractivity contribution in [1.29, 1.82) is 0 Å². The third-order valence-corrected chi connectivity index (χ3v) is 2.64. The number of aromatic hydroxyl groups is 2. The Hall–Kier alpha value is -2.36. The second kappa shape index (κ2) is 6.88. The molecule has 0 saturated carbocycles. The van der Waals surface area contributed by atoms with Gasteiger partial charge in [-0.2, -0.15) is 0 Å². The van der Waals surface area contributed by atoms with Crippen LogP contribution in [0, 0.1) is 0 Å². The Kier molecular flexibility index (Phi) is 5.47. The number of ether oxygens (including phenoxy) is 1. The van der Waals surface area contributed by atoms with Crippen LogP contribution in [0.1, 0.15) is 11.7 Å². The minimum absolute atomic E-state index is 0.221. The highest BCUT2D eigenvalue weighted by molar-refractivity contribution is 5.84. The summed E-state index contributed by atoms with van der Waals surface area (Å²) < 4.78 is 4.78. The lowest BCUT2D eigenvalue weighted by Crippen LogP contribution is -2.41. The molecule has 9 nitrogen and oxygen atoms in total. The van der Waals surface area contributed by atoms with Crippen molar-refractivity contribution in [3.63, 3.8) is 0 Å². The van der Waals surface area contributed by atoms with Crippen LogP contribution in [0.5, 0.6) is 11.5 Å². The van der Waals surface area contributed by atoms with Crippen molar-refractivity contribution in [3.8, 4) is 11.5 Å². The Morgan fingerprint density at radius 2 is 1.76 bits per heavy atom. The van der Waals surface area contributed by atoms with Crippen LogP contribution in [0.3, 0.4) is 0 Å². The van der Waals surface area contributed by atoms with Gasteiger partial charge >= 0.3 is 11.9 Å². The summed E-state index contributed by atoms with van der Waals surface area (Å²) in [5.41, 5.74) is 5.62. The molecule has 0 radical (unpaired) electrons. The first-order chi connectivity index (χ1) is 9.77. The fraction of sp³-hybridized carbons (Fsp3) is 0.333. The fourth-order valence-corrected chi connectivity index (χ4v) is 1.47. The molecule has 0 aliphatic heterocycles. The number of esters is 1. The summed E-state index contributed by atoms with van der Waals surface area (Å²) in [4.78, 5) is 22.0. The highest BCUT2D eigenvalue weighted by atomic mass is 16.6. The molecule has 7 N–H and O–H groups in total. The van der Waals surface area contributed by atoms with Gasteiger partial charge in [0.25, 0.3) is 0 Å². The second-order valence-electron chi connectivity index (χ2n) is 4.14. The van der Waals surface area contributed by atoms with E-state index in [1.165, 1.54) is 6.07 Å². The van der Waals surface area contributed by atoms with Crippen LogP contribution in [0.2, 0.25) is 0 Å². The van der Waals surface area contributed by atoms with Crippen LogP contribution in [-0.4, -0.2) is 56.2 Å². The van der Waals surface area contributed by atoms with Gasteiger partial charge in [-0.25, -0.2) is 9.59 Å². The van der Waals surface area contributed by atoms with E-state index in [-0.39, 0.29) is 17.9 Å². The molecule has 2 unspecified atom stereocenters. The van der Waals surface area contributed by atoms with Crippen molar-refractivity contribution in [1.82, 2.24) is 0 Å². The third-order valence-electron chi connectivity index (χ3n) is 2.64. The molecule has 116 valence electrons. The number of phenols is 2. The first-order valence-corrected chi connectivity index (χ1v) is 5.79. The molecule has 0 spiro atoms. The molecular formula is C12H15NO8.